The van der Waals surface area contributed by atoms with Crippen LogP contribution in [0, 0.1) is 5.92 Å². The van der Waals surface area contributed by atoms with E-state index in [1.54, 1.807) is 10.9 Å². The maximum absolute atomic E-state index is 4.58. The monoisotopic (exact) mass is 298 g/mol. The summed E-state index contributed by atoms with van der Waals surface area (Å²) in [6, 6.07) is 0. The molecule has 4 rings (SSSR count). The van der Waals surface area contributed by atoms with E-state index in [1.807, 2.05) is 24.1 Å². The maximum Gasteiger partial charge on any atom is 0.221 e. The van der Waals surface area contributed by atoms with Crippen LogP contribution in [0.2, 0.25) is 0 Å². The van der Waals surface area contributed by atoms with Gasteiger partial charge in [0.25, 0.3) is 0 Å². The summed E-state index contributed by atoms with van der Waals surface area (Å²) in [5, 5.41) is 15.7. The lowest BCUT2D eigenvalue weighted by Crippen LogP contribution is -2.29. The minimum atomic E-state index is 0.563. The van der Waals surface area contributed by atoms with Gasteiger partial charge in [-0.05, 0) is 31.8 Å². The second kappa shape index (κ2) is 5.45. The van der Waals surface area contributed by atoms with Crippen molar-refractivity contribution < 1.29 is 0 Å². The summed E-state index contributed by atoms with van der Waals surface area (Å²) < 4.78 is 3.64. The largest absolute Gasteiger partial charge is 0.317 e. The van der Waals surface area contributed by atoms with Gasteiger partial charge in [-0.3, -0.25) is 4.68 Å². The Morgan fingerprint density at radius 1 is 1.27 bits per heavy atom. The zero-order valence-corrected chi connectivity index (χ0v) is 12.5. The Balaban J connectivity index is 1.57. The molecule has 1 aliphatic heterocycles. The van der Waals surface area contributed by atoms with Crippen LogP contribution in [0.25, 0.3) is 22.6 Å². The first kappa shape index (κ1) is 13.3. The van der Waals surface area contributed by atoms with Crippen LogP contribution in [-0.4, -0.2) is 47.8 Å². The number of fused-ring (bicyclic) bond motifs is 1. The van der Waals surface area contributed by atoms with Gasteiger partial charge < -0.3 is 5.32 Å². The van der Waals surface area contributed by atoms with Crippen LogP contribution in [-0.2, 0) is 13.6 Å². The molecule has 0 bridgehead atoms. The SMILES string of the molecule is Cn1nnc2ncc(-c3cnn(CC4CCNCC4)c3)nc21. The fourth-order valence-corrected chi connectivity index (χ4v) is 2.88. The van der Waals surface area contributed by atoms with Gasteiger partial charge in [0, 0.05) is 25.4 Å². The fourth-order valence-electron chi connectivity index (χ4n) is 2.88. The van der Waals surface area contributed by atoms with E-state index in [0.29, 0.717) is 17.2 Å². The molecule has 1 fully saturated rings. The molecule has 0 amide bonds. The summed E-state index contributed by atoms with van der Waals surface area (Å²) in [5.41, 5.74) is 3.02. The van der Waals surface area contributed by atoms with Gasteiger partial charge in [-0.1, -0.05) is 5.21 Å². The zero-order valence-electron chi connectivity index (χ0n) is 12.5. The van der Waals surface area contributed by atoms with Crippen LogP contribution in [0.1, 0.15) is 12.8 Å². The van der Waals surface area contributed by atoms with Gasteiger partial charge in [0.05, 0.1) is 18.1 Å². The van der Waals surface area contributed by atoms with E-state index in [9.17, 15) is 0 Å². The van der Waals surface area contributed by atoms with Gasteiger partial charge in [-0.2, -0.15) is 5.10 Å². The molecule has 22 heavy (non-hydrogen) atoms. The van der Waals surface area contributed by atoms with Crippen molar-refractivity contribution in [1.82, 2.24) is 40.1 Å². The quantitative estimate of drug-likeness (QED) is 0.763. The van der Waals surface area contributed by atoms with Crippen molar-refractivity contribution >= 4 is 11.3 Å². The molecule has 1 saturated heterocycles. The number of hydrogen-bond donors (Lipinski definition) is 1. The van der Waals surface area contributed by atoms with E-state index in [1.165, 1.54) is 12.8 Å². The van der Waals surface area contributed by atoms with E-state index < -0.39 is 0 Å². The van der Waals surface area contributed by atoms with Crippen LogP contribution < -0.4 is 5.32 Å². The molecule has 0 aliphatic carbocycles. The molecule has 0 atom stereocenters. The summed E-state index contributed by atoms with van der Waals surface area (Å²) in [6.45, 7) is 3.17. The zero-order chi connectivity index (χ0) is 14.9. The number of nitrogens with zero attached hydrogens (tertiary/aromatic N) is 7. The van der Waals surface area contributed by atoms with Crippen LogP contribution in [0.3, 0.4) is 0 Å². The standard InChI is InChI=1S/C14H18N8/c1-21-14-13(19-20-21)16-7-12(18-14)11-6-17-22(9-11)8-10-2-4-15-5-3-10/h6-7,9-10,15H,2-5,8H2,1H3. The van der Waals surface area contributed by atoms with E-state index in [0.717, 1.165) is 30.9 Å². The highest BCUT2D eigenvalue weighted by Crippen LogP contribution is 2.19. The Morgan fingerprint density at radius 2 is 2.14 bits per heavy atom. The molecule has 8 nitrogen and oxygen atoms in total. The van der Waals surface area contributed by atoms with E-state index in [-0.39, 0.29) is 0 Å². The molecule has 3 aromatic rings. The number of rotatable bonds is 3. The van der Waals surface area contributed by atoms with Gasteiger partial charge in [-0.15, -0.1) is 5.10 Å². The Morgan fingerprint density at radius 3 is 3.00 bits per heavy atom. The van der Waals surface area contributed by atoms with Crippen molar-refractivity contribution in [2.24, 2.45) is 13.0 Å². The number of piperidine rings is 1. The van der Waals surface area contributed by atoms with Crippen molar-refractivity contribution in [3.05, 3.63) is 18.6 Å². The average molecular weight is 298 g/mol. The van der Waals surface area contributed by atoms with Crippen molar-refractivity contribution in [2.45, 2.75) is 19.4 Å². The topological polar surface area (TPSA) is 86.3 Å². The molecule has 3 aromatic heterocycles. The Labute approximate surface area is 127 Å². The number of hydrogen-bond acceptors (Lipinski definition) is 6. The average Bonchev–Trinajstić information content (AvgIpc) is 3.16. The Hall–Kier alpha value is -2.35. The third-order valence-corrected chi connectivity index (χ3v) is 4.15. The molecule has 0 aromatic carbocycles. The second-order valence-corrected chi connectivity index (χ2v) is 5.76. The lowest BCUT2D eigenvalue weighted by Gasteiger charge is -2.22. The van der Waals surface area contributed by atoms with E-state index in [2.05, 4.69) is 30.7 Å². The predicted octanol–water partition coefficient (Wildman–Crippen LogP) is 0.621. The minimum absolute atomic E-state index is 0.563. The van der Waals surface area contributed by atoms with E-state index >= 15 is 0 Å². The number of nitrogens with one attached hydrogen (secondary N) is 1. The molecule has 1 aliphatic rings. The van der Waals surface area contributed by atoms with Crippen LogP contribution >= 0.6 is 0 Å². The van der Waals surface area contributed by atoms with Crippen molar-refractivity contribution in [3.63, 3.8) is 0 Å². The Bertz CT molecular complexity index is 783. The number of aryl methyl sites for hydroxylation is 1. The van der Waals surface area contributed by atoms with Crippen molar-refractivity contribution in [1.29, 1.82) is 0 Å². The lowest BCUT2D eigenvalue weighted by molar-refractivity contribution is 0.321. The summed E-state index contributed by atoms with van der Waals surface area (Å²) in [6.07, 6.45) is 8.04. The van der Waals surface area contributed by atoms with Crippen molar-refractivity contribution in [2.75, 3.05) is 13.1 Å². The first-order valence-corrected chi connectivity index (χ1v) is 7.55. The molecule has 4 heterocycles. The second-order valence-electron chi connectivity index (χ2n) is 5.76. The van der Waals surface area contributed by atoms with Gasteiger partial charge >= 0.3 is 0 Å². The molecule has 0 unspecified atom stereocenters. The third kappa shape index (κ3) is 2.45. The smallest absolute Gasteiger partial charge is 0.221 e. The van der Waals surface area contributed by atoms with Gasteiger partial charge in [0.1, 0.15) is 0 Å². The summed E-state index contributed by atoms with van der Waals surface area (Å²) in [7, 11) is 1.81. The highest BCUT2D eigenvalue weighted by molar-refractivity contribution is 5.69. The summed E-state index contributed by atoms with van der Waals surface area (Å²) >= 11 is 0. The minimum Gasteiger partial charge on any atom is -0.317 e. The molecular formula is C14H18N8. The van der Waals surface area contributed by atoms with Crippen LogP contribution in [0.15, 0.2) is 18.6 Å². The van der Waals surface area contributed by atoms with Crippen LogP contribution in [0.4, 0.5) is 0 Å². The molecule has 0 spiro atoms. The van der Waals surface area contributed by atoms with Gasteiger partial charge in [0.2, 0.25) is 5.65 Å². The highest BCUT2D eigenvalue weighted by Gasteiger charge is 2.15. The third-order valence-electron chi connectivity index (χ3n) is 4.15. The predicted molar refractivity (Wildman–Crippen MR) is 80.9 cm³/mol. The molecule has 0 saturated carbocycles. The molecular weight excluding hydrogens is 280 g/mol. The first-order valence-electron chi connectivity index (χ1n) is 7.55. The summed E-state index contributed by atoms with van der Waals surface area (Å²) in [5.74, 6) is 0.698. The highest BCUT2D eigenvalue weighted by atomic mass is 15.4. The molecule has 8 heteroatoms. The van der Waals surface area contributed by atoms with Gasteiger partial charge in [0.15, 0.2) is 5.65 Å². The molecule has 114 valence electrons. The normalized spacial score (nSPS) is 16.4. The molecule has 1 N–H and O–H groups in total. The molecule has 0 radical (unpaired) electrons. The van der Waals surface area contributed by atoms with E-state index in [4.69, 9.17) is 0 Å². The number of aromatic nitrogens is 7. The van der Waals surface area contributed by atoms with Crippen LogP contribution in [0.5, 0.6) is 0 Å². The van der Waals surface area contributed by atoms with Crippen molar-refractivity contribution in [3.8, 4) is 11.3 Å². The first-order chi connectivity index (χ1) is 10.8. The van der Waals surface area contributed by atoms with Gasteiger partial charge in [-0.25, -0.2) is 14.6 Å². The Kier molecular flexibility index (Phi) is 3.30. The summed E-state index contributed by atoms with van der Waals surface area (Å²) in [4.78, 5) is 8.88. The lowest BCUT2D eigenvalue weighted by atomic mass is 9.98. The maximum atomic E-state index is 4.58. The fraction of sp³-hybridized carbons (Fsp3) is 0.500.